The first-order valence-electron chi connectivity index (χ1n) is 25.9. The van der Waals surface area contributed by atoms with Gasteiger partial charge in [0.2, 0.25) is 5.91 Å². The largest absolute Gasteiger partial charge is 0.462 e. The molecule has 3 atom stereocenters. The highest BCUT2D eigenvalue weighted by Crippen LogP contribution is 2.18. The van der Waals surface area contributed by atoms with Crippen molar-refractivity contribution < 1.29 is 24.5 Å². The van der Waals surface area contributed by atoms with E-state index in [1.807, 2.05) is 0 Å². The van der Waals surface area contributed by atoms with Crippen molar-refractivity contribution in [3.63, 3.8) is 0 Å². The summed E-state index contributed by atoms with van der Waals surface area (Å²) in [4.78, 5) is 26.1. The molecule has 0 rings (SSSR count). The van der Waals surface area contributed by atoms with Gasteiger partial charge in [-0.15, -0.1) is 0 Å². The maximum Gasteiger partial charge on any atom is 0.306 e. The Hall–Kier alpha value is -2.18. The molecule has 350 valence electrons. The number of carbonyl (C=O) groups is 2. The van der Waals surface area contributed by atoms with Crippen LogP contribution in [0.15, 0.2) is 48.6 Å². The minimum absolute atomic E-state index is 0.0593. The van der Waals surface area contributed by atoms with Crippen molar-refractivity contribution >= 4 is 11.9 Å². The zero-order valence-electron chi connectivity index (χ0n) is 39.8. The normalized spacial score (nSPS) is 13.6. The van der Waals surface area contributed by atoms with Crippen molar-refractivity contribution in [1.82, 2.24) is 5.32 Å². The number of carbonyl (C=O) groups excluding carboxylic acids is 2. The van der Waals surface area contributed by atoms with Gasteiger partial charge in [0.15, 0.2) is 0 Å². The second-order valence-corrected chi connectivity index (χ2v) is 17.6. The van der Waals surface area contributed by atoms with Crippen LogP contribution in [-0.2, 0) is 14.3 Å². The van der Waals surface area contributed by atoms with Gasteiger partial charge in [-0.2, -0.15) is 0 Å². The Morgan fingerprint density at radius 3 is 1.42 bits per heavy atom. The zero-order valence-corrected chi connectivity index (χ0v) is 39.8. The lowest BCUT2D eigenvalue weighted by molar-refractivity contribution is -0.151. The Bertz CT molecular complexity index is 1040. The Labute approximate surface area is 372 Å². The van der Waals surface area contributed by atoms with E-state index in [9.17, 15) is 19.8 Å². The number of unbranched alkanes of at least 4 members (excludes halogenated alkanes) is 28. The molecule has 0 saturated carbocycles. The quantitative estimate of drug-likeness (QED) is 0.0246. The highest BCUT2D eigenvalue weighted by atomic mass is 16.5. The topological polar surface area (TPSA) is 95.9 Å². The van der Waals surface area contributed by atoms with Gasteiger partial charge in [-0.3, -0.25) is 9.59 Å². The van der Waals surface area contributed by atoms with Gasteiger partial charge in [0, 0.05) is 6.42 Å². The molecule has 0 aliphatic rings. The summed E-state index contributed by atoms with van der Waals surface area (Å²) in [7, 11) is 0. The standard InChI is InChI=1S/C54H99NO5/c1-4-7-10-13-16-19-22-25-28-30-33-36-39-42-45-50(60-54(59)47-44-41-38-35-32-27-24-21-18-15-12-9-6-3)48-53(58)55-51(49-56)52(57)46-43-40-37-34-31-29-26-23-20-17-14-11-8-5-2/h9,12,15,18,21,24,28,30,50-52,56-57H,4-8,10-11,13-14,16-17,19-20,22-23,25-27,29,31-49H2,1-3H3,(H,55,58)/b12-9+,18-15+,24-21-,30-28+. The smallest absolute Gasteiger partial charge is 0.306 e. The monoisotopic (exact) mass is 842 g/mol. The Kier molecular flexibility index (Phi) is 46.1. The molecule has 1 amide bonds. The van der Waals surface area contributed by atoms with Crippen molar-refractivity contribution in [1.29, 1.82) is 0 Å². The number of hydrogen-bond donors (Lipinski definition) is 3. The van der Waals surface area contributed by atoms with Crippen molar-refractivity contribution in [2.75, 3.05) is 6.61 Å². The van der Waals surface area contributed by atoms with Crippen LogP contribution in [0, 0.1) is 0 Å². The van der Waals surface area contributed by atoms with E-state index in [1.54, 1.807) is 0 Å². The van der Waals surface area contributed by atoms with Crippen molar-refractivity contribution in [2.45, 2.75) is 277 Å². The molecule has 0 radical (unpaired) electrons. The van der Waals surface area contributed by atoms with E-state index >= 15 is 0 Å². The third kappa shape index (κ3) is 42.5. The van der Waals surface area contributed by atoms with Crippen LogP contribution >= 0.6 is 0 Å². The fourth-order valence-corrected chi connectivity index (χ4v) is 7.78. The van der Waals surface area contributed by atoms with Crippen LogP contribution in [0.4, 0.5) is 0 Å². The van der Waals surface area contributed by atoms with Crippen molar-refractivity contribution in [3.8, 4) is 0 Å². The molecule has 6 nitrogen and oxygen atoms in total. The van der Waals surface area contributed by atoms with E-state index in [1.165, 1.54) is 116 Å². The third-order valence-electron chi connectivity index (χ3n) is 11.7. The number of rotatable bonds is 46. The maximum absolute atomic E-state index is 13.2. The highest BCUT2D eigenvalue weighted by Gasteiger charge is 2.24. The molecule has 0 fully saturated rings. The van der Waals surface area contributed by atoms with Gasteiger partial charge >= 0.3 is 5.97 Å². The van der Waals surface area contributed by atoms with Crippen molar-refractivity contribution in [2.24, 2.45) is 0 Å². The molecule has 0 aromatic rings. The second kappa shape index (κ2) is 47.9. The molecule has 0 aromatic carbocycles. The number of aliphatic hydroxyl groups is 2. The molecular formula is C54H99NO5. The summed E-state index contributed by atoms with van der Waals surface area (Å²) in [5.41, 5.74) is 0. The van der Waals surface area contributed by atoms with E-state index in [-0.39, 0.29) is 24.9 Å². The molecule has 0 spiro atoms. The third-order valence-corrected chi connectivity index (χ3v) is 11.7. The zero-order chi connectivity index (χ0) is 43.8. The summed E-state index contributed by atoms with van der Waals surface area (Å²) in [5, 5.41) is 23.8. The number of allylic oxidation sites excluding steroid dienone is 8. The average molecular weight is 842 g/mol. The molecule has 6 heteroatoms. The Morgan fingerprint density at radius 1 is 0.500 bits per heavy atom. The summed E-state index contributed by atoms with van der Waals surface area (Å²) < 4.78 is 5.92. The summed E-state index contributed by atoms with van der Waals surface area (Å²) in [6.07, 6.45) is 57.4. The fourth-order valence-electron chi connectivity index (χ4n) is 7.78. The minimum Gasteiger partial charge on any atom is -0.462 e. The molecule has 0 aliphatic heterocycles. The summed E-state index contributed by atoms with van der Waals surface area (Å²) in [5.74, 6) is -0.508. The van der Waals surface area contributed by atoms with Gasteiger partial charge in [0.1, 0.15) is 6.10 Å². The summed E-state index contributed by atoms with van der Waals surface area (Å²) >= 11 is 0. The van der Waals surface area contributed by atoms with E-state index in [4.69, 9.17) is 4.74 Å². The molecule has 0 saturated heterocycles. The minimum atomic E-state index is -0.794. The number of ether oxygens (including phenoxy) is 1. The first-order chi connectivity index (χ1) is 29.5. The van der Waals surface area contributed by atoms with E-state index < -0.39 is 18.2 Å². The van der Waals surface area contributed by atoms with Crippen LogP contribution in [0.2, 0.25) is 0 Å². The van der Waals surface area contributed by atoms with Crippen LogP contribution in [0.1, 0.15) is 258 Å². The van der Waals surface area contributed by atoms with Crippen LogP contribution in [-0.4, -0.2) is 46.9 Å². The SMILES string of the molecule is CC/C=C/C=C/C=C\CCCCCCCC(=O)OC(CCCCC/C=C/CCCCCCCCC)CC(=O)NC(CO)C(O)CCCCCCCCCCCCCCCC. The molecule has 60 heavy (non-hydrogen) atoms. The van der Waals surface area contributed by atoms with E-state index in [0.717, 1.165) is 96.3 Å². The number of hydrogen-bond acceptors (Lipinski definition) is 5. The lowest BCUT2D eigenvalue weighted by Gasteiger charge is -2.24. The second-order valence-electron chi connectivity index (χ2n) is 17.6. The predicted molar refractivity (Wildman–Crippen MR) is 259 cm³/mol. The Morgan fingerprint density at radius 2 is 0.917 bits per heavy atom. The van der Waals surface area contributed by atoms with Gasteiger partial charge in [-0.05, 0) is 70.6 Å². The molecule has 3 unspecified atom stereocenters. The van der Waals surface area contributed by atoms with Gasteiger partial charge in [0.05, 0.1) is 25.2 Å². The first kappa shape index (κ1) is 57.8. The number of esters is 1. The van der Waals surface area contributed by atoms with Gasteiger partial charge < -0.3 is 20.3 Å². The molecule has 0 aromatic heterocycles. The molecular weight excluding hydrogens is 743 g/mol. The van der Waals surface area contributed by atoms with Gasteiger partial charge in [-0.1, -0.05) is 223 Å². The first-order valence-corrected chi connectivity index (χ1v) is 25.9. The Balaban J connectivity index is 4.61. The molecule has 3 N–H and O–H groups in total. The predicted octanol–water partition coefficient (Wildman–Crippen LogP) is 15.5. The summed E-state index contributed by atoms with van der Waals surface area (Å²) in [6, 6.07) is -0.710. The van der Waals surface area contributed by atoms with Crippen LogP contribution < -0.4 is 5.32 Å². The van der Waals surface area contributed by atoms with Crippen molar-refractivity contribution in [3.05, 3.63) is 48.6 Å². The van der Waals surface area contributed by atoms with Crippen LogP contribution in [0.3, 0.4) is 0 Å². The summed E-state index contributed by atoms with van der Waals surface area (Å²) in [6.45, 7) is 6.35. The average Bonchev–Trinajstić information content (AvgIpc) is 3.24. The molecule has 0 heterocycles. The lowest BCUT2D eigenvalue weighted by atomic mass is 10.0. The number of nitrogens with one attached hydrogen (secondary N) is 1. The van der Waals surface area contributed by atoms with E-state index in [2.05, 4.69) is 74.7 Å². The number of amides is 1. The van der Waals surface area contributed by atoms with Crippen LogP contribution in [0.25, 0.3) is 0 Å². The van der Waals surface area contributed by atoms with Gasteiger partial charge in [-0.25, -0.2) is 0 Å². The molecule has 0 bridgehead atoms. The van der Waals surface area contributed by atoms with Gasteiger partial charge in [0.25, 0.3) is 0 Å². The molecule has 0 aliphatic carbocycles. The van der Waals surface area contributed by atoms with Crippen LogP contribution in [0.5, 0.6) is 0 Å². The number of aliphatic hydroxyl groups excluding tert-OH is 2. The van der Waals surface area contributed by atoms with E-state index in [0.29, 0.717) is 19.3 Å². The maximum atomic E-state index is 13.2. The lowest BCUT2D eigenvalue weighted by Crippen LogP contribution is -2.46. The fraction of sp³-hybridized carbons (Fsp3) is 0.815. The highest BCUT2D eigenvalue weighted by molar-refractivity contribution is 5.77.